The molecular weight excluding hydrogens is 455 g/mol. The highest BCUT2D eigenvalue weighted by atomic mass is 32.1. The minimum atomic E-state index is -1.30. The summed E-state index contributed by atoms with van der Waals surface area (Å²) in [6, 6.07) is 5.76. The molecule has 0 aliphatic carbocycles. The Morgan fingerprint density at radius 1 is 1.18 bits per heavy atom. The molecule has 3 rings (SSSR count). The average Bonchev–Trinajstić information content (AvgIpc) is 3.36. The molecule has 0 unspecified atom stereocenters. The molecule has 0 spiro atoms. The number of thiazole rings is 1. The van der Waals surface area contributed by atoms with E-state index in [9.17, 15) is 18.8 Å². The van der Waals surface area contributed by atoms with Gasteiger partial charge in [-0.05, 0) is 30.4 Å². The molecule has 3 amide bonds. The van der Waals surface area contributed by atoms with E-state index in [0.29, 0.717) is 0 Å². The van der Waals surface area contributed by atoms with Crippen LogP contribution in [0.15, 0.2) is 29.8 Å². The molecule has 7 nitrogen and oxygen atoms in total. The Hall–Kier alpha value is -2.81. The first-order valence-corrected chi connectivity index (χ1v) is 12.3. The molecule has 1 aromatic heterocycles. The van der Waals surface area contributed by atoms with Crippen LogP contribution >= 0.6 is 11.3 Å². The Bertz CT molecular complexity index is 1050. The molecule has 2 aromatic rings. The maximum Gasteiger partial charge on any atom is 0.246 e. The number of halogens is 1. The van der Waals surface area contributed by atoms with Crippen LogP contribution in [-0.4, -0.2) is 52.4 Å². The van der Waals surface area contributed by atoms with Crippen molar-refractivity contribution in [2.45, 2.75) is 72.3 Å². The van der Waals surface area contributed by atoms with Gasteiger partial charge in [0.15, 0.2) is 0 Å². The third-order valence-electron chi connectivity index (χ3n) is 6.07. The predicted octanol–water partition coefficient (Wildman–Crippen LogP) is 3.79. The van der Waals surface area contributed by atoms with E-state index < -0.39 is 35.5 Å². The largest absolute Gasteiger partial charge is 0.348 e. The number of aromatic nitrogens is 1. The molecule has 4 atom stereocenters. The Morgan fingerprint density at radius 3 is 2.35 bits per heavy atom. The second-order valence-electron chi connectivity index (χ2n) is 9.96. The lowest BCUT2D eigenvalue weighted by Crippen LogP contribution is -2.57. The van der Waals surface area contributed by atoms with Crippen molar-refractivity contribution in [2.75, 3.05) is 6.54 Å². The van der Waals surface area contributed by atoms with E-state index in [1.165, 1.54) is 11.8 Å². The summed E-state index contributed by atoms with van der Waals surface area (Å²) in [4.78, 5) is 44.7. The van der Waals surface area contributed by atoms with Gasteiger partial charge in [-0.1, -0.05) is 45.0 Å². The second kappa shape index (κ2) is 10.2. The fraction of sp³-hybridized carbons (Fsp3) is 0.520. The molecule has 184 valence electrons. The van der Waals surface area contributed by atoms with Gasteiger partial charge in [-0.3, -0.25) is 14.4 Å². The highest BCUT2D eigenvalue weighted by molar-refractivity contribution is 7.13. The minimum absolute atomic E-state index is 0.0647. The number of amides is 3. The van der Waals surface area contributed by atoms with Gasteiger partial charge in [0, 0.05) is 13.3 Å². The van der Waals surface area contributed by atoms with Crippen LogP contribution in [0.1, 0.15) is 58.3 Å². The molecule has 1 aromatic carbocycles. The third-order valence-corrected chi connectivity index (χ3v) is 7.05. The molecule has 0 bridgehead atoms. The zero-order valence-electron chi connectivity index (χ0n) is 20.5. The van der Waals surface area contributed by atoms with E-state index in [1.54, 1.807) is 11.3 Å². The standard InChI is InChI=1S/C25H33FN4O3S/c1-14(17-7-9-18(10-8-17)21-15(2)27-13-34-21)28-23(32)20-11-19(26)12-30(20)24(33)22(25(4,5)6)29-16(3)31/h7-10,13-14,19-20,22H,11-12H2,1-6H3,(H,28,32)(H,29,31)/t14-,19+,20-,22+/m0/s1. The fourth-order valence-electron chi connectivity index (χ4n) is 4.19. The van der Waals surface area contributed by atoms with Gasteiger partial charge in [0.25, 0.3) is 0 Å². The molecule has 1 saturated heterocycles. The SMILES string of the molecule is CC(=O)N[C@H](C(=O)N1C[C@H](F)C[C@H]1C(=O)N[C@@H](C)c1ccc(-c2scnc2C)cc1)C(C)(C)C. The number of rotatable bonds is 6. The van der Waals surface area contributed by atoms with Crippen molar-refractivity contribution in [3.63, 3.8) is 0 Å². The van der Waals surface area contributed by atoms with E-state index >= 15 is 0 Å². The molecule has 34 heavy (non-hydrogen) atoms. The van der Waals surface area contributed by atoms with Crippen LogP contribution in [0.4, 0.5) is 4.39 Å². The highest BCUT2D eigenvalue weighted by Crippen LogP contribution is 2.30. The van der Waals surface area contributed by atoms with Gasteiger partial charge in [0.05, 0.1) is 28.7 Å². The maximum absolute atomic E-state index is 14.4. The quantitative estimate of drug-likeness (QED) is 0.647. The summed E-state index contributed by atoms with van der Waals surface area (Å²) < 4.78 is 14.4. The predicted molar refractivity (Wildman–Crippen MR) is 131 cm³/mol. The van der Waals surface area contributed by atoms with Crippen molar-refractivity contribution in [3.8, 4) is 10.4 Å². The summed E-state index contributed by atoms with van der Waals surface area (Å²) in [5, 5.41) is 5.60. The zero-order valence-corrected chi connectivity index (χ0v) is 21.3. The number of hydrogen-bond acceptors (Lipinski definition) is 5. The Morgan fingerprint density at radius 2 is 1.82 bits per heavy atom. The van der Waals surface area contributed by atoms with Crippen molar-refractivity contribution in [1.29, 1.82) is 0 Å². The molecule has 9 heteroatoms. The first kappa shape index (κ1) is 25.8. The number of likely N-dealkylation sites (tertiary alicyclic amines) is 1. The number of alkyl halides is 1. The van der Waals surface area contributed by atoms with E-state index in [0.717, 1.165) is 21.7 Å². The second-order valence-corrected chi connectivity index (χ2v) is 10.8. The van der Waals surface area contributed by atoms with Crippen molar-refractivity contribution in [2.24, 2.45) is 5.41 Å². The molecule has 0 radical (unpaired) electrons. The van der Waals surface area contributed by atoms with E-state index in [2.05, 4.69) is 15.6 Å². The number of carbonyl (C=O) groups excluding carboxylic acids is 3. The fourth-order valence-corrected chi connectivity index (χ4v) is 5.00. The number of benzene rings is 1. The number of carbonyl (C=O) groups is 3. The average molecular weight is 489 g/mol. The summed E-state index contributed by atoms with van der Waals surface area (Å²) in [6.07, 6.45) is -1.36. The van der Waals surface area contributed by atoms with Crippen LogP contribution in [0.3, 0.4) is 0 Å². The molecular formula is C25H33FN4O3S. The van der Waals surface area contributed by atoms with Gasteiger partial charge in [-0.15, -0.1) is 11.3 Å². The first-order valence-electron chi connectivity index (χ1n) is 11.4. The Kier molecular flexibility index (Phi) is 7.75. The molecule has 2 N–H and O–H groups in total. The van der Waals surface area contributed by atoms with Crippen LogP contribution in [0.5, 0.6) is 0 Å². The lowest BCUT2D eigenvalue weighted by molar-refractivity contribution is -0.143. The molecule has 0 saturated carbocycles. The highest BCUT2D eigenvalue weighted by Gasteiger charge is 2.45. The molecule has 1 aliphatic heterocycles. The zero-order chi connectivity index (χ0) is 25.2. The van der Waals surface area contributed by atoms with Gasteiger partial charge in [0.1, 0.15) is 18.3 Å². The summed E-state index contributed by atoms with van der Waals surface area (Å²) in [6.45, 7) is 10.5. The first-order chi connectivity index (χ1) is 15.9. The van der Waals surface area contributed by atoms with E-state index in [1.807, 2.05) is 64.4 Å². The van der Waals surface area contributed by atoms with E-state index in [4.69, 9.17) is 0 Å². The molecule has 1 fully saturated rings. The van der Waals surface area contributed by atoms with Gasteiger partial charge >= 0.3 is 0 Å². The van der Waals surface area contributed by atoms with E-state index in [-0.39, 0.29) is 24.9 Å². The number of hydrogen-bond donors (Lipinski definition) is 2. The summed E-state index contributed by atoms with van der Waals surface area (Å²) in [7, 11) is 0. The number of nitrogens with zero attached hydrogens (tertiary/aromatic N) is 2. The van der Waals surface area contributed by atoms with Crippen LogP contribution in [0.25, 0.3) is 10.4 Å². The number of nitrogens with one attached hydrogen (secondary N) is 2. The third kappa shape index (κ3) is 5.81. The van der Waals surface area contributed by atoms with Crippen molar-refractivity contribution in [3.05, 3.63) is 41.0 Å². The monoisotopic (exact) mass is 488 g/mol. The topological polar surface area (TPSA) is 91.4 Å². The summed E-state index contributed by atoms with van der Waals surface area (Å²) in [5.41, 5.74) is 4.14. The van der Waals surface area contributed by atoms with Gasteiger partial charge in [-0.2, -0.15) is 0 Å². The van der Waals surface area contributed by atoms with Gasteiger partial charge in [-0.25, -0.2) is 9.37 Å². The molecule has 2 heterocycles. The normalized spacial score (nSPS) is 20.0. The lowest BCUT2D eigenvalue weighted by atomic mass is 9.85. The lowest BCUT2D eigenvalue weighted by Gasteiger charge is -2.35. The minimum Gasteiger partial charge on any atom is -0.348 e. The molecule has 1 aliphatic rings. The summed E-state index contributed by atoms with van der Waals surface area (Å²) in [5.74, 6) is -1.20. The maximum atomic E-state index is 14.4. The van der Waals surface area contributed by atoms with Crippen molar-refractivity contribution >= 4 is 29.1 Å². The smallest absolute Gasteiger partial charge is 0.246 e. The summed E-state index contributed by atoms with van der Waals surface area (Å²) >= 11 is 1.57. The van der Waals surface area contributed by atoms with Crippen LogP contribution in [0.2, 0.25) is 0 Å². The van der Waals surface area contributed by atoms with Crippen molar-refractivity contribution in [1.82, 2.24) is 20.5 Å². The van der Waals surface area contributed by atoms with Crippen LogP contribution in [0, 0.1) is 12.3 Å². The van der Waals surface area contributed by atoms with Gasteiger partial charge < -0.3 is 15.5 Å². The van der Waals surface area contributed by atoms with Crippen molar-refractivity contribution < 1.29 is 18.8 Å². The Balaban J connectivity index is 1.72. The van der Waals surface area contributed by atoms with Gasteiger partial charge in [0.2, 0.25) is 17.7 Å². The van der Waals surface area contributed by atoms with Crippen LogP contribution in [-0.2, 0) is 14.4 Å². The Labute approximate surface area is 204 Å². The number of aryl methyl sites for hydroxylation is 1. The van der Waals surface area contributed by atoms with Crippen LogP contribution < -0.4 is 10.6 Å².